The number of carbonyl (C=O) groups is 5. The highest BCUT2D eigenvalue weighted by molar-refractivity contribution is 5.83. The average molecular weight is 364 g/mol. The number of hydrogen-bond donors (Lipinski definition) is 6. The number of aliphatic carboxylic acids is 4. The summed E-state index contributed by atoms with van der Waals surface area (Å²) in [5, 5.41) is 35.6. The van der Waals surface area contributed by atoms with Gasteiger partial charge >= 0.3 is 23.9 Å². The van der Waals surface area contributed by atoms with E-state index in [0.29, 0.717) is 6.42 Å². The number of nitrogens with two attached hydrogens (primary N) is 1. The third-order valence-corrected chi connectivity index (χ3v) is 2.74. The topological polar surface area (TPSA) is 204 Å². The van der Waals surface area contributed by atoms with Gasteiger partial charge in [0.05, 0.1) is 0 Å². The van der Waals surface area contributed by atoms with Crippen LogP contribution < -0.4 is 11.1 Å². The quantitative estimate of drug-likeness (QED) is 0.277. The van der Waals surface area contributed by atoms with Gasteiger partial charge in [-0.05, 0) is 19.3 Å². The first kappa shape index (κ1) is 24.6. The van der Waals surface area contributed by atoms with Crippen LogP contribution in [0.5, 0.6) is 0 Å². The first-order valence-corrected chi connectivity index (χ1v) is 7.45. The monoisotopic (exact) mass is 364 g/mol. The van der Waals surface area contributed by atoms with Crippen LogP contribution in [0.15, 0.2) is 0 Å². The van der Waals surface area contributed by atoms with Crippen LogP contribution >= 0.6 is 0 Å². The van der Waals surface area contributed by atoms with E-state index in [1.54, 1.807) is 6.92 Å². The molecule has 2 unspecified atom stereocenters. The van der Waals surface area contributed by atoms with Crippen molar-refractivity contribution in [3.05, 3.63) is 0 Å². The molecule has 2 atom stereocenters. The zero-order valence-electron chi connectivity index (χ0n) is 13.8. The Balaban J connectivity index is 0. The summed E-state index contributed by atoms with van der Waals surface area (Å²) in [5.74, 6) is -4.85. The Hall–Kier alpha value is -2.69. The largest absolute Gasteiger partial charge is 0.481 e. The molecular weight excluding hydrogens is 340 g/mol. The van der Waals surface area contributed by atoms with Gasteiger partial charge in [0.25, 0.3) is 0 Å². The van der Waals surface area contributed by atoms with Crippen molar-refractivity contribution in [2.75, 3.05) is 0 Å². The summed E-state index contributed by atoms with van der Waals surface area (Å²) in [6.07, 6.45) is 0.273. The zero-order chi connectivity index (χ0) is 20.0. The van der Waals surface area contributed by atoms with E-state index in [0.717, 1.165) is 0 Å². The van der Waals surface area contributed by atoms with Crippen molar-refractivity contribution in [2.24, 2.45) is 5.73 Å². The van der Waals surface area contributed by atoms with Gasteiger partial charge in [-0.1, -0.05) is 6.92 Å². The van der Waals surface area contributed by atoms with Crippen LogP contribution in [0.3, 0.4) is 0 Å². The Morgan fingerprint density at radius 3 is 1.68 bits per heavy atom. The van der Waals surface area contributed by atoms with Gasteiger partial charge in [0.1, 0.15) is 12.1 Å². The van der Waals surface area contributed by atoms with E-state index in [1.165, 1.54) is 0 Å². The van der Waals surface area contributed by atoms with Gasteiger partial charge in [0.15, 0.2) is 0 Å². The smallest absolute Gasteiger partial charge is 0.326 e. The van der Waals surface area contributed by atoms with Gasteiger partial charge in [-0.15, -0.1) is 0 Å². The van der Waals surface area contributed by atoms with E-state index in [2.05, 4.69) is 5.32 Å². The second kappa shape index (κ2) is 13.7. The zero-order valence-corrected chi connectivity index (χ0v) is 13.8. The molecule has 0 aliphatic heterocycles. The summed E-state index contributed by atoms with van der Waals surface area (Å²) in [7, 11) is 0. The number of nitrogens with one attached hydrogen (secondary N) is 1. The van der Waals surface area contributed by atoms with Crippen molar-refractivity contribution >= 4 is 29.8 Å². The van der Waals surface area contributed by atoms with Crippen molar-refractivity contribution in [2.45, 2.75) is 57.5 Å². The molecule has 1 amide bonds. The van der Waals surface area contributed by atoms with Crippen LogP contribution in [-0.2, 0) is 24.0 Å². The highest BCUT2D eigenvalue weighted by Crippen LogP contribution is 1.99. The molecule has 0 saturated carbocycles. The average Bonchev–Trinajstić information content (AvgIpc) is 2.49. The molecule has 144 valence electrons. The molecular formula is C14H24N2O9. The number of carboxylic acid groups (broad SMARTS) is 4. The van der Waals surface area contributed by atoms with Gasteiger partial charge < -0.3 is 31.5 Å². The molecule has 0 fully saturated rings. The van der Waals surface area contributed by atoms with E-state index in [1.807, 2.05) is 0 Å². The molecule has 11 nitrogen and oxygen atoms in total. The maximum atomic E-state index is 11.1. The van der Waals surface area contributed by atoms with Gasteiger partial charge in [0.2, 0.25) is 5.91 Å². The molecule has 0 aliphatic carbocycles. The number of hydrogen-bond acceptors (Lipinski definition) is 6. The van der Waals surface area contributed by atoms with Crippen LogP contribution in [0, 0.1) is 0 Å². The summed E-state index contributed by atoms with van der Waals surface area (Å²) in [6, 6.07) is -2.17. The van der Waals surface area contributed by atoms with Gasteiger partial charge in [-0.2, -0.15) is 0 Å². The molecule has 0 aromatic carbocycles. The molecule has 0 aliphatic rings. The van der Waals surface area contributed by atoms with Crippen molar-refractivity contribution in [1.82, 2.24) is 5.32 Å². The Kier molecular flexibility index (Phi) is 13.5. The molecule has 0 saturated heterocycles. The first-order valence-electron chi connectivity index (χ1n) is 7.45. The van der Waals surface area contributed by atoms with Gasteiger partial charge in [-0.3, -0.25) is 19.2 Å². The minimum Gasteiger partial charge on any atom is -0.481 e. The van der Waals surface area contributed by atoms with Crippen molar-refractivity contribution in [1.29, 1.82) is 0 Å². The van der Waals surface area contributed by atoms with E-state index in [-0.39, 0.29) is 38.0 Å². The fourth-order valence-electron chi connectivity index (χ4n) is 1.42. The lowest BCUT2D eigenvalue weighted by Gasteiger charge is -2.12. The fraction of sp³-hybridized carbons (Fsp3) is 0.643. The first-order chi connectivity index (χ1) is 11.5. The second-order valence-electron chi connectivity index (χ2n) is 5.02. The van der Waals surface area contributed by atoms with E-state index in [9.17, 15) is 24.0 Å². The van der Waals surface area contributed by atoms with Crippen LogP contribution in [0.2, 0.25) is 0 Å². The standard InChI is InChI=1S/C9H15NO5.C5H9NO4/c1-2-3-7(11)10-6(9(14)15)4-5-8(12)13;6-3(5(9)10)1-2-4(7)8/h6H,2-5H2,1H3,(H,10,11)(H,12,13)(H,14,15);3H,1-2,6H2,(H,7,8)(H,9,10). The summed E-state index contributed by atoms with van der Waals surface area (Å²) in [6.45, 7) is 1.80. The van der Waals surface area contributed by atoms with E-state index < -0.39 is 36.0 Å². The molecule has 0 aromatic rings. The molecule has 0 aromatic heterocycles. The normalized spacial score (nSPS) is 12.1. The van der Waals surface area contributed by atoms with Gasteiger partial charge in [0, 0.05) is 19.3 Å². The van der Waals surface area contributed by atoms with E-state index in [4.69, 9.17) is 26.2 Å². The maximum absolute atomic E-state index is 11.1. The number of carbonyl (C=O) groups excluding carboxylic acids is 1. The predicted molar refractivity (Wildman–Crippen MR) is 83.8 cm³/mol. The minimum atomic E-state index is -1.21. The lowest BCUT2D eigenvalue weighted by Crippen LogP contribution is -2.40. The van der Waals surface area contributed by atoms with Crippen LogP contribution in [-0.4, -0.2) is 62.3 Å². The van der Waals surface area contributed by atoms with Crippen LogP contribution in [0.25, 0.3) is 0 Å². The summed E-state index contributed by atoms with van der Waals surface area (Å²) in [4.78, 5) is 51.8. The molecule has 7 N–H and O–H groups in total. The number of rotatable bonds is 11. The third kappa shape index (κ3) is 16.0. The molecule has 0 heterocycles. The predicted octanol–water partition coefficient (Wildman–Crippen LogP) is -0.516. The molecule has 11 heteroatoms. The van der Waals surface area contributed by atoms with Crippen molar-refractivity contribution in [3.63, 3.8) is 0 Å². The number of carboxylic acids is 4. The Labute approximate surface area is 143 Å². The third-order valence-electron chi connectivity index (χ3n) is 2.74. The Morgan fingerprint density at radius 1 is 0.840 bits per heavy atom. The molecule has 0 radical (unpaired) electrons. The lowest BCUT2D eigenvalue weighted by molar-refractivity contribution is -0.143. The summed E-state index contributed by atoms with van der Waals surface area (Å²) >= 11 is 0. The van der Waals surface area contributed by atoms with Crippen molar-refractivity contribution < 1.29 is 44.4 Å². The highest BCUT2D eigenvalue weighted by Gasteiger charge is 2.20. The molecule has 0 spiro atoms. The molecule has 25 heavy (non-hydrogen) atoms. The van der Waals surface area contributed by atoms with Crippen LogP contribution in [0.1, 0.15) is 45.4 Å². The minimum absolute atomic E-state index is 0.0231. The van der Waals surface area contributed by atoms with Gasteiger partial charge in [-0.25, -0.2) is 4.79 Å². The summed E-state index contributed by atoms with van der Waals surface area (Å²) < 4.78 is 0. The number of amides is 1. The Morgan fingerprint density at radius 2 is 1.32 bits per heavy atom. The SMILES string of the molecule is CCCC(=O)NC(CCC(=O)O)C(=O)O.NC(CCC(=O)O)C(=O)O. The lowest BCUT2D eigenvalue weighted by atomic mass is 10.1. The van der Waals surface area contributed by atoms with Crippen LogP contribution in [0.4, 0.5) is 0 Å². The summed E-state index contributed by atoms with van der Waals surface area (Å²) in [5.41, 5.74) is 5.00. The second-order valence-corrected chi connectivity index (χ2v) is 5.02. The molecule has 0 bridgehead atoms. The van der Waals surface area contributed by atoms with Crippen molar-refractivity contribution in [3.8, 4) is 0 Å². The maximum Gasteiger partial charge on any atom is 0.326 e. The Bertz CT molecular complexity index is 479. The highest BCUT2D eigenvalue weighted by atomic mass is 16.4. The fourth-order valence-corrected chi connectivity index (χ4v) is 1.42. The molecule has 0 rings (SSSR count). The van der Waals surface area contributed by atoms with E-state index >= 15 is 0 Å².